The van der Waals surface area contributed by atoms with E-state index in [1.54, 1.807) is 0 Å². The standard InChI is InChI=1S/C17H30N4O.HI/c1-5-18-17(19-11-12-22-6-2)20-13-15-7-9-16(10-8-15)14-21(3)4;/h7-10H,5-6,11-14H2,1-4H3,(H2,18,19,20);1H. The maximum atomic E-state index is 5.32. The Labute approximate surface area is 157 Å². The third-order valence-electron chi connectivity index (χ3n) is 3.03. The molecule has 0 radical (unpaired) electrons. The number of ether oxygens (including phenoxy) is 1. The highest BCUT2D eigenvalue weighted by Crippen LogP contribution is 2.07. The summed E-state index contributed by atoms with van der Waals surface area (Å²) in [6, 6.07) is 8.62. The lowest BCUT2D eigenvalue weighted by Gasteiger charge is -2.12. The van der Waals surface area contributed by atoms with Crippen LogP contribution in [0, 0.1) is 0 Å². The van der Waals surface area contributed by atoms with Crippen LogP contribution < -0.4 is 10.6 Å². The predicted octanol–water partition coefficient (Wildman–Crippen LogP) is 2.46. The molecule has 0 aliphatic heterocycles. The van der Waals surface area contributed by atoms with E-state index < -0.39 is 0 Å². The molecule has 0 saturated carbocycles. The minimum atomic E-state index is 0. The third kappa shape index (κ3) is 10.5. The summed E-state index contributed by atoms with van der Waals surface area (Å²) in [6.45, 7) is 8.75. The van der Waals surface area contributed by atoms with Gasteiger partial charge in [0, 0.05) is 26.2 Å². The van der Waals surface area contributed by atoms with Crippen LogP contribution in [-0.4, -0.2) is 51.3 Å². The van der Waals surface area contributed by atoms with Gasteiger partial charge in [-0.2, -0.15) is 0 Å². The molecule has 0 aliphatic rings. The molecule has 0 unspecified atom stereocenters. The first kappa shape index (κ1) is 22.1. The molecule has 0 aliphatic carbocycles. The lowest BCUT2D eigenvalue weighted by molar-refractivity contribution is 0.152. The molecule has 0 spiro atoms. The number of aliphatic imine (C=N–C) groups is 1. The number of hydrogen-bond acceptors (Lipinski definition) is 3. The molecular weight excluding hydrogens is 403 g/mol. The predicted molar refractivity (Wildman–Crippen MR) is 109 cm³/mol. The maximum absolute atomic E-state index is 5.32. The van der Waals surface area contributed by atoms with Crippen molar-refractivity contribution in [1.82, 2.24) is 15.5 Å². The van der Waals surface area contributed by atoms with Crippen LogP contribution in [-0.2, 0) is 17.8 Å². The van der Waals surface area contributed by atoms with Crippen molar-refractivity contribution < 1.29 is 4.74 Å². The molecule has 1 aromatic rings. The maximum Gasteiger partial charge on any atom is 0.191 e. The van der Waals surface area contributed by atoms with Crippen LogP contribution in [0.1, 0.15) is 25.0 Å². The van der Waals surface area contributed by atoms with E-state index in [2.05, 4.69) is 65.8 Å². The molecule has 0 fully saturated rings. The Balaban J connectivity index is 0.00000484. The second-order valence-electron chi connectivity index (χ2n) is 5.37. The zero-order valence-corrected chi connectivity index (χ0v) is 17.1. The monoisotopic (exact) mass is 434 g/mol. The van der Waals surface area contributed by atoms with Gasteiger partial charge in [0.2, 0.25) is 0 Å². The molecule has 0 amide bonds. The molecule has 132 valence electrons. The van der Waals surface area contributed by atoms with Gasteiger partial charge in [-0.05, 0) is 39.1 Å². The zero-order chi connectivity index (χ0) is 16.2. The van der Waals surface area contributed by atoms with E-state index in [4.69, 9.17) is 4.74 Å². The Kier molecular flexibility index (Phi) is 13.1. The molecule has 0 saturated heterocycles. The number of halogens is 1. The van der Waals surface area contributed by atoms with Gasteiger partial charge in [0.25, 0.3) is 0 Å². The lowest BCUT2D eigenvalue weighted by Crippen LogP contribution is -2.39. The molecule has 0 aromatic heterocycles. The van der Waals surface area contributed by atoms with Gasteiger partial charge >= 0.3 is 0 Å². The van der Waals surface area contributed by atoms with E-state index >= 15 is 0 Å². The van der Waals surface area contributed by atoms with Crippen molar-refractivity contribution in [2.45, 2.75) is 26.9 Å². The Hall–Kier alpha value is -0.860. The smallest absolute Gasteiger partial charge is 0.191 e. The molecule has 0 heterocycles. The molecule has 0 atom stereocenters. The number of hydrogen-bond donors (Lipinski definition) is 2. The summed E-state index contributed by atoms with van der Waals surface area (Å²) < 4.78 is 5.32. The van der Waals surface area contributed by atoms with E-state index in [-0.39, 0.29) is 24.0 Å². The van der Waals surface area contributed by atoms with Crippen molar-refractivity contribution >= 4 is 29.9 Å². The largest absolute Gasteiger partial charge is 0.380 e. The Bertz CT molecular complexity index is 435. The van der Waals surface area contributed by atoms with Gasteiger partial charge in [-0.15, -0.1) is 24.0 Å². The first-order valence-electron chi connectivity index (χ1n) is 7.98. The summed E-state index contributed by atoms with van der Waals surface area (Å²) in [5, 5.41) is 6.51. The fraction of sp³-hybridized carbons (Fsp3) is 0.588. The van der Waals surface area contributed by atoms with Crippen LogP contribution in [0.25, 0.3) is 0 Å². The van der Waals surface area contributed by atoms with Crippen LogP contribution >= 0.6 is 24.0 Å². The normalized spacial score (nSPS) is 11.3. The topological polar surface area (TPSA) is 48.9 Å². The Morgan fingerprint density at radius 2 is 1.74 bits per heavy atom. The quantitative estimate of drug-likeness (QED) is 0.271. The fourth-order valence-corrected chi connectivity index (χ4v) is 2.01. The fourth-order valence-electron chi connectivity index (χ4n) is 2.01. The van der Waals surface area contributed by atoms with Gasteiger partial charge in [-0.1, -0.05) is 24.3 Å². The number of nitrogens with zero attached hydrogens (tertiary/aromatic N) is 2. The SMILES string of the molecule is CCNC(=NCc1ccc(CN(C)C)cc1)NCCOCC.I. The van der Waals surface area contributed by atoms with Gasteiger partial charge in [0.05, 0.1) is 13.2 Å². The van der Waals surface area contributed by atoms with E-state index in [0.29, 0.717) is 13.2 Å². The number of rotatable bonds is 9. The van der Waals surface area contributed by atoms with Crippen LogP contribution in [0.15, 0.2) is 29.3 Å². The van der Waals surface area contributed by atoms with E-state index in [0.717, 1.165) is 32.2 Å². The first-order chi connectivity index (χ1) is 10.7. The van der Waals surface area contributed by atoms with Crippen molar-refractivity contribution in [2.75, 3.05) is 40.4 Å². The Morgan fingerprint density at radius 1 is 1.09 bits per heavy atom. The summed E-state index contributed by atoms with van der Waals surface area (Å²) in [6.07, 6.45) is 0. The molecular formula is C17H31IN4O. The molecule has 1 aromatic carbocycles. The summed E-state index contributed by atoms with van der Waals surface area (Å²) >= 11 is 0. The van der Waals surface area contributed by atoms with E-state index in [1.165, 1.54) is 11.1 Å². The highest BCUT2D eigenvalue weighted by Gasteiger charge is 1.99. The number of guanidine groups is 1. The summed E-state index contributed by atoms with van der Waals surface area (Å²) in [5.41, 5.74) is 2.53. The molecule has 23 heavy (non-hydrogen) atoms. The number of nitrogens with one attached hydrogen (secondary N) is 2. The molecule has 2 N–H and O–H groups in total. The second kappa shape index (κ2) is 13.6. The first-order valence-corrected chi connectivity index (χ1v) is 7.98. The number of benzene rings is 1. The highest BCUT2D eigenvalue weighted by molar-refractivity contribution is 14.0. The zero-order valence-electron chi connectivity index (χ0n) is 14.8. The molecule has 5 nitrogen and oxygen atoms in total. The van der Waals surface area contributed by atoms with Crippen molar-refractivity contribution in [1.29, 1.82) is 0 Å². The van der Waals surface area contributed by atoms with Gasteiger partial charge < -0.3 is 20.3 Å². The summed E-state index contributed by atoms with van der Waals surface area (Å²) in [4.78, 5) is 6.77. The summed E-state index contributed by atoms with van der Waals surface area (Å²) in [7, 11) is 4.16. The van der Waals surface area contributed by atoms with Crippen molar-refractivity contribution in [2.24, 2.45) is 4.99 Å². The average Bonchev–Trinajstić information content (AvgIpc) is 2.50. The highest BCUT2D eigenvalue weighted by atomic mass is 127. The second-order valence-corrected chi connectivity index (χ2v) is 5.37. The van der Waals surface area contributed by atoms with Crippen LogP contribution in [0.2, 0.25) is 0 Å². The van der Waals surface area contributed by atoms with E-state index in [9.17, 15) is 0 Å². The minimum absolute atomic E-state index is 0. The lowest BCUT2D eigenvalue weighted by atomic mass is 10.1. The molecule has 6 heteroatoms. The molecule has 0 bridgehead atoms. The third-order valence-corrected chi connectivity index (χ3v) is 3.03. The van der Waals surface area contributed by atoms with Crippen LogP contribution in [0.3, 0.4) is 0 Å². The Morgan fingerprint density at radius 3 is 2.30 bits per heavy atom. The van der Waals surface area contributed by atoms with Crippen LogP contribution in [0.4, 0.5) is 0 Å². The van der Waals surface area contributed by atoms with Gasteiger partial charge in [-0.3, -0.25) is 0 Å². The van der Waals surface area contributed by atoms with Crippen molar-refractivity contribution in [3.8, 4) is 0 Å². The minimum Gasteiger partial charge on any atom is -0.380 e. The van der Waals surface area contributed by atoms with Gasteiger partial charge in [0.1, 0.15) is 0 Å². The molecule has 1 rings (SSSR count). The summed E-state index contributed by atoms with van der Waals surface area (Å²) in [5.74, 6) is 0.833. The van der Waals surface area contributed by atoms with Gasteiger partial charge in [-0.25, -0.2) is 4.99 Å². The van der Waals surface area contributed by atoms with Crippen LogP contribution in [0.5, 0.6) is 0 Å². The van der Waals surface area contributed by atoms with E-state index in [1.807, 2.05) is 6.92 Å². The average molecular weight is 434 g/mol. The van der Waals surface area contributed by atoms with Crippen molar-refractivity contribution in [3.05, 3.63) is 35.4 Å². The van der Waals surface area contributed by atoms with Gasteiger partial charge in [0.15, 0.2) is 5.96 Å². The van der Waals surface area contributed by atoms with Crippen molar-refractivity contribution in [3.63, 3.8) is 0 Å².